The summed E-state index contributed by atoms with van der Waals surface area (Å²) >= 11 is 2.95. The van der Waals surface area contributed by atoms with E-state index in [1.165, 1.54) is 35.5 Å². The number of nitrogens with zero attached hydrogens (tertiary/aromatic N) is 3. The standard InChI is InChI=1S/C20H22N4OS2/c1-14-6-5-9-24(10-14)11-16-12-27-20(21-16)23-18(25)17-13-26-19(22-17)15-7-3-2-4-8-15/h2-4,7-8,12-14H,5-6,9-11H2,1H3,(H,21,23,25). The van der Waals surface area contributed by atoms with E-state index in [-0.39, 0.29) is 5.91 Å². The van der Waals surface area contributed by atoms with Crippen molar-refractivity contribution >= 4 is 33.7 Å². The van der Waals surface area contributed by atoms with Crippen LogP contribution in [0.25, 0.3) is 10.6 Å². The summed E-state index contributed by atoms with van der Waals surface area (Å²) < 4.78 is 0. The molecule has 3 heterocycles. The van der Waals surface area contributed by atoms with Crippen LogP contribution in [0.3, 0.4) is 0 Å². The average Bonchev–Trinajstić information content (AvgIpc) is 3.32. The number of carbonyl (C=O) groups is 1. The molecule has 0 saturated carbocycles. The SMILES string of the molecule is CC1CCCN(Cc2csc(NC(=O)c3csc(-c4ccccc4)n3)n2)C1. The molecule has 27 heavy (non-hydrogen) atoms. The molecule has 4 rings (SSSR count). The van der Waals surface area contributed by atoms with Gasteiger partial charge in [0.05, 0.1) is 5.69 Å². The number of aromatic nitrogens is 2. The van der Waals surface area contributed by atoms with Crippen molar-refractivity contribution in [3.8, 4) is 10.6 Å². The van der Waals surface area contributed by atoms with Crippen molar-refractivity contribution in [2.75, 3.05) is 18.4 Å². The smallest absolute Gasteiger partial charge is 0.276 e. The molecule has 0 radical (unpaired) electrons. The van der Waals surface area contributed by atoms with Gasteiger partial charge in [-0.3, -0.25) is 15.0 Å². The molecule has 1 aromatic carbocycles. The monoisotopic (exact) mass is 398 g/mol. The Hall–Kier alpha value is -2.09. The van der Waals surface area contributed by atoms with Crippen LogP contribution >= 0.6 is 22.7 Å². The second kappa shape index (κ2) is 8.29. The second-order valence-electron chi connectivity index (χ2n) is 6.98. The van der Waals surface area contributed by atoms with Crippen molar-refractivity contribution in [1.29, 1.82) is 0 Å². The first kappa shape index (κ1) is 18.3. The number of hydrogen-bond acceptors (Lipinski definition) is 6. The van der Waals surface area contributed by atoms with Gasteiger partial charge in [0.15, 0.2) is 5.13 Å². The summed E-state index contributed by atoms with van der Waals surface area (Å²) in [5.74, 6) is 0.543. The summed E-state index contributed by atoms with van der Waals surface area (Å²) in [6, 6.07) is 9.90. The van der Waals surface area contributed by atoms with Crippen molar-refractivity contribution in [3.63, 3.8) is 0 Å². The fraction of sp³-hybridized carbons (Fsp3) is 0.350. The van der Waals surface area contributed by atoms with Crippen LogP contribution in [-0.2, 0) is 6.54 Å². The van der Waals surface area contributed by atoms with Crippen molar-refractivity contribution in [2.45, 2.75) is 26.3 Å². The largest absolute Gasteiger partial charge is 0.297 e. The van der Waals surface area contributed by atoms with Crippen LogP contribution in [-0.4, -0.2) is 33.9 Å². The van der Waals surface area contributed by atoms with Gasteiger partial charge in [-0.15, -0.1) is 22.7 Å². The van der Waals surface area contributed by atoms with Gasteiger partial charge in [-0.1, -0.05) is 37.3 Å². The number of nitrogens with one attached hydrogen (secondary N) is 1. The molecule has 0 aliphatic carbocycles. The number of carbonyl (C=O) groups excluding carboxylic acids is 1. The average molecular weight is 399 g/mol. The van der Waals surface area contributed by atoms with E-state index < -0.39 is 0 Å². The molecule has 1 aliphatic heterocycles. The van der Waals surface area contributed by atoms with Crippen LogP contribution in [0.5, 0.6) is 0 Å². The van der Waals surface area contributed by atoms with Crippen molar-refractivity contribution in [3.05, 3.63) is 52.5 Å². The molecule has 1 aliphatic rings. The van der Waals surface area contributed by atoms with Crippen LogP contribution in [0, 0.1) is 5.92 Å². The van der Waals surface area contributed by atoms with Gasteiger partial charge in [0, 0.05) is 29.4 Å². The number of hydrogen-bond donors (Lipinski definition) is 1. The number of anilines is 1. The highest BCUT2D eigenvalue weighted by atomic mass is 32.1. The van der Waals surface area contributed by atoms with Crippen molar-refractivity contribution < 1.29 is 4.79 Å². The first-order valence-electron chi connectivity index (χ1n) is 9.16. The normalized spacial score (nSPS) is 17.7. The Bertz CT molecular complexity index is 906. The van der Waals surface area contributed by atoms with Gasteiger partial charge in [0.25, 0.3) is 5.91 Å². The summed E-state index contributed by atoms with van der Waals surface area (Å²) in [4.78, 5) is 24.0. The predicted molar refractivity (Wildman–Crippen MR) is 111 cm³/mol. The second-order valence-corrected chi connectivity index (χ2v) is 8.70. The molecule has 1 amide bonds. The summed E-state index contributed by atoms with van der Waals surface area (Å²) in [7, 11) is 0. The molecule has 1 fully saturated rings. The molecule has 1 atom stereocenters. The van der Waals surface area contributed by atoms with Gasteiger partial charge >= 0.3 is 0 Å². The zero-order chi connectivity index (χ0) is 18.6. The van der Waals surface area contributed by atoms with Crippen LogP contribution in [0.2, 0.25) is 0 Å². The van der Waals surface area contributed by atoms with Gasteiger partial charge in [-0.2, -0.15) is 0 Å². The van der Waals surface area contributed by atoms with E-state index in [0.29, 0.717) is 10.8 Å². The van der Waals surface area contributed by atoms with Crippen LogP contribution < -0.4 is 5.32 Å². The number of benzene rings is 1. The Balaban J connectivity index is 1.37. The van der Waals surface area contributed by atoms with Crippen molar-refractivity contribution in [2.24, 2.45) is 5.92 Å². The minimum absolute atomic E-state index is 0.207. The number of likely N-dealkylation sites (tertiary alicyclic amines) is 1. The molecular formula is C20H22N4OS2. The summed E-state index contributed by atoms with van der Waals surface area (Å²) in [5, 5.41) is 8.19. The van der Waals surface area contributed by atoms with E-state index in [1.807, 2.05) is 35.7 Å². The molecular weight excluding hydrogens is 376 g/mol. The number of rotatable bonds is 5. The molecule has 0 spiro atoms. The molecule has 3 aromatic rings. The molecule has 7 heteroatoms. The minimum atomic E-state index is -0.207. The molecule has 5 nitrogen and oxygen atoms in total. The quantitative estimate of drug-likeness (QED) is 0.674. The minimum Gasteiger partial charge on any atom is -0.297 e. The van der Waals surface area contributed by atoms with Gasteiger partial charge in [0.2, 0.25) is 0 Å². The van der Waals surface area contributed by atoms with Gasteiger partial charge in [0.1, 0.15) is 10.7 Å². The first-order valence-corrected chi connectivity index (χ1v) is 10.9. The molecule has 1 N–H and O–H groups in total. The summed E-state index contributed by atoms with van der Waals surface area (Å²) in [5.41, 5.74) is 2.47. The fourth-order valence-corrected chi connectivity index (χ4v) is 4.85. The Morgan fingerprint density at radius 3 is 2.89 bits per heavy atom. The van der Waals surface area contributed by atoms with E-state index in [1.54, 1.807) is 5.38 Å². The number of amides is 1. The Labute approximate surface area is 167 Å². The highest BCUT2D eigenvalue weighted by molar-refractivity contribution is 7.14. The maximum Gasteiger partial charge on any atom is 0.276 e. The third kappa shape index (κ3) is 4.61. The van der Waals surface area contributed by atoms with E-state index in [0.717, 1.165) is 41.8 Å². The van der Waals surface area contributed by atoms with E-state index in [2.05, 4.69) is 27.1 Å². The van der Waals surface area contributed by atoms with E-state index in [4.69, 9.17) is 0 Å². The summed E-state index contributed by atoms with van der Waals surface area (Å²) in [6.45, 7) is 5.41. The fourth-order valence-electron chi connectivity index (χ4n) is 3.35. The molecule has 0 bridgehead atoms. The summed E-state index contributed by atoms with van der Waals surface area (Å²) in [6.07, 6.45) is 2.57. The van der Waals surface area contributed by atoms with E-state index >= 15 is 0 Å². The zero-order valence-electron chi connectivity index (χ0n) is 15.2. The lowest BCUT2D eigenvalue weighted by Crippen LogP contribution is -2.33. The van der Waals surface area contributed by atoms with Gasteiger partial charge < -0.3 is 0 Å². The highest BCUT2D eigenvalue weighted by Crippen LogP contribution is 2.25. The zero-order valence-corrected chi connectivity index (χ0v) is 16.9. The lowest BCUT2D eigenvalue weighted by Gasteiger charge is -2.30. The highest BCUT2D eigenvalue weighted by Gasteiger charge is 2.18. The van der Waals surface area contributed by atoms with Crippen LogP contribution in [0.4, 0.5) is 5.13 Å². The van der Waals surface area contributed by atoms with Crippen LogP contribution in [0.1, 0.15) is 35.9 Å². The topological polar surface area (TPSA) is 58.1 Å². The number of thiazole rings is 2. The van der Waals surface area contributed by atoms with Gasteiger partial charge in [-0.25, -0.2) is 9.97 Å². The predicted octanol–water partition coefficient (Wildman–Crippen LogP) is 4.75. The van der Waals surface area contributed by atoms with Crippen LogP contribution in [0.15, 0.2) is 41.1 Å². The first-order chi connectivity index (χ1) is 13.2. The van der Waals surface area contributed by atoms with E-state index in [9.17, 15) is 4.79 Å². The molecule has 1 unspecified atom stereocenters. The van der Waals surface area contributed by atoms with Gasteiger partial charge in [-0.05, 0) is 25.3 Å². The van der Waals surface area contributed by atoms with Crippen molar-refractivity contribution in [1.82, 2.24) is 14.9 Å². The lowest BCUT2D eigenvalue weighted by molar-refractivity contribution is 0.102. The Morgan fingerprint density at radius 1 is 1.22 bits per heavy atom. The third-order valence-electron chi connectivity index (χ3n) is 4.66. The molecule has 1 saturated heterocycles. The Morgan fingerprint density at radius 2 is 2.07 bits per heavy atom. The lowest BCUT2D eigenvalue weighted by atomic mass is 10.0. The molecule has 140 valence electrons. The molecule has 2 aromatic heterocycles. The maximum absolute atomic E-state index is 12.5. The Kier molecular flexibility index (Phi) is 5.61. The third-order valence-corrected chi connectivity index (χ3v) is 6.35. The number of piperidine rings is 1. The maximum atomic E-state index is 12.5.